The SMILES string of the molecule is CC(=O)NCC#Cc1cccc(C(=O)O)c1Cl. The average molecular weight is 252 g/mol. The second kappa shape index (κ2) is 5.92. The number of benzene rings is 1. The van der Waals surface area contributed by atoms with E-state index in [1.54, 1.807) is 12.1 Å². The number of rotatable bonds is 2. The van der Waals surface area contributed by atoms with E-state index in [-0.39, 0.29) is 23.0 Å². The summed E-state index contributed by atoms with van der Waals surface area (Å²) in [5, 5.41) is 11.5. The zero-order chi connectivity index (χ0) is 12.8. The zero-order valence-electron chi connectivity index (χ0n) is 9.08. The maximum Gasteiger partial charge on any atom is 0.337 e. The Balaban J connectivity index is 2.88. The van der Waals surface area contributed by atoms with Crippen LogP contribution in [0.1, 0.15) is 22.8 Å². The van der Waals surface area contributed by atoms with Crippen molar-refractivity contribution in [3.8, 4) is 11.8 Å². The summed E-state index contributed by atoms with van der Waals surface area (Å²) in [6.45, 7) is 1.59. The van der Waals surface area contributed by atoms with Gasteiger partial charge in [-0.2, -0.15) is 0 Å². The molecule has 1 aromatic carbocycles. The number of aromatic carboxylic acids is 1. The number of halogens is 1. The van der Waals surface area contributed by atoms with Crippen molar-refractivity contribution in [1.82, 2.24) is 5.32 Å². The lowest BCUT2D eigenvalue weighted by Gasteiger charge is -2.00. The molecule has 5 heteroatoms. The fraction of sp³-hybridized carbons (Fsp3) is 0.167. The smallest absolute Gasteiger partial charge is 0.337 e. The van der Waals surface area contributed by atoms with Crippen LogP contribution in [0.15, 0.2) is 18.2 Å². The van der Waals surface area contributed by atoms with E-state index in [1.165, 1.54) is 13.0 Å². The van der Waals surface area contributed by atoms with E-state index in [1.807, 2.05) is 0 Å². The summed E-state index contributed by atoms with van der Waals surface area (Å²) < 4.78 is 0. The van der Waals surface area contributed by atoms with Crippen molar-refractivity contribution >= 4 is 23.5 Å². The van der Waals surface area contributed by atoms with Crippen molar-refractivity contribution in [2.24, 2.45) is 0 Å². The molecule has 1 aromatic rings. The maximum atomic E-state index is 10.8. The molecule has 1 amide bonds. The van der Waals surface area contributed by atoms with Gasteiger partial charge in [0, 0.05) is 12.5 Å². The van der Waals surface area contributed by atoms with Crippen molar-refractivity contribution in [2.75, 3.05) is 6.54 Å². The largest absolute Gasteiger partial charge is 0.478 e. The summed E-state index contributed by atoms with van der Waals surface area (Å²) in [7, 11) is 0. The predicted octanol–water partition coefficient (Wildman–Crippen LogP) is 1.53. The molecule has 0 heterocycles. The molecule has 0 saturated heterocycles. The van der Waals surface area contributed by atoms with Gasteiger partial charge in [0.05, 0.1) is 17.1 Å². The minimum absolute atomic E-state index is 0.0120. The van der Waals surface area contributed by atoms with Crippen LogP contribution in [0.4, 0.5) is 0 Å². The minimum atomic E-state index is -1.10. The molecule has 0 atom stereocenters. The molecule has 0 bridgehead atoms. The molecule has 4 nitrogen and oxygen atoms in total. The van der Waals surface area contributed by atoms with E-state index in [0.29, 0.717) is 5.56 Å². The Morgan fingerprint density at radius 3 is 2.76 bits per heavy atom. The molecule has 17 heavy (non-hydrogen) atoms. The second-order valence-corrected chi connectivity index (χ2v) is 3.56. The van der Waals surface area contributed by atoms with Gasteiger partial charge in [0.25, 0.3) is 0 Å². The van der Waals surface area contributed by atoms with Gasteiger partial charge in [0.15, 0.2) is 0 Å². The number of carboxylic acids is 1. The molecule has 0 spiro atoms. The number of carboxylic acid groups (broad SMARTS) is 1. The van der Waals surface area contributed by atoms with E-state index >= 15 is 0 Å². The highest BCUT2D eigenvalue weighted by Gasteiger charge is 2.10. The Morgan fingerprint density at radius 1 is 1.47 bits per heavy atom. The van der Waals surface area contributed by atoms with Crippen molar-refractivity contribution in [2.45, 2.75) is 6.92 Å². The lowest BCUT2D eigenvalue weighted by molar-refractivity contribution is -0.118. The second-order valence-electron chi connectivity index (χ2n) is 3.18. The van der Waals surface area contributed by atoms with Crippen LogP contribution in [-0.2, 0) is 4.79 Å². The van der Waals surface area contributed by atoms with Crippen LogP contribution < -0.4 is 5.32 Å². The Kier molecular flexibility index (Phi) is 4.56. The van der Waals surface area contributed by atoms with E-state index in [9.17, 15) is 9.59 Å². The molecule has 88 valence electrons. The zero-order valence-corrected chi connectivity index (χ0v) is 9.84. The summed E-state index contributed by atoms with van der Waals surface area (Å²) in [5.41, 5.74) is 0.440. The third-order valence-electron chi connectivity index (χ3n) is 1.88. The minimum Gasteiger partial charge on any atom is -0.478 e. The van der Waals surface area contributed by atoms with E-state index in [4.69, 9.17) is 16.7 Å². The average Bonchev–Trinajstić information content (AvgIpc) is 2.25. The van der Waals surface area contributed by atoms with Crippen LogP contribution >= 0.6 is 11.6 Å². The Morgan fingerprint density at radius 2 is 2.18 bits per heavy atom. The van der Waals surface area contributed by atoms with Crippen LogP contribution in [0.3, 0.4) is 0 Å². The van der Waals surface area contributed by atoms with E-state index in [0.717, 1.165) is 0 Å². The summed E-state index contributed by atoms with van der Waals surface area (Å²) in [6, 6.07) is 4.59. The van der Waals surface area contributed by atoms with Crippen LogP contribution in [0, 0.1) is 11.8 Å². The predicted molar refractivity (Wildman–Crippen MR) is 64.0 cm³/mol. The molecule has 0 aliphatic carbocycles. The fourth-order valence-corrected chi connectivity index (χ4v) is 1.36. The molecule has 1 rings (SSSR count). The topological polar surface area (TPSA) is 66.4 Å². The summed E-state index contributed by atoms with van der Waals surface area (Å²) >= 11 is 5.87. The molecule has 2 N–H and O–H groups in total. The van der Waals surface area contributed by atoms with Crippen LogP contribution in [0.5, 0.6) is 0 Å². The van der Waals surface area contributed by atoms with Gasteiger partial charge in [-0.1, -0.05) is 29.5 Å². The molecule has 0 aromatic heterocycles. The fourth-order valence-electron chi connectivity index (χ4n) is 1.10. The Hall–Kier alpha value is -1.99. The molecule has 0 radical (unpaired) electrons. The van der Waals surface area contributed by atoms with Crippen LogP contribution in [-0.4, -0.2) is 23.5 Å². The first kappa shape index (κ1) is 13.1. The van der Waals surface area contributed by atoms with Crippen LogP contribution in [0.25, 0.3) is 0 Å². The third kappa shape index (κ3) is 3.82. The molecule has 0 aliphatic heterocycles. The highest BCUT2D eigenvalue weighted by atomic mass is 35.5. The van der Waals surface area contributed by atoms with Crippen molar-refractivity contribution in [3.05, 3.63) is 34.3 Å². The van der Waals surface area contributed by atoms with Gasteiger partial charge >= 0.3 is 5.97 Å². The monoisotopic (exact) mass is 251 g/mol. The maximum absolute atomic E-state index is 10.8. The first-order valence-electron chi connectivity index (χ1n) is 4.77. The number of hydrogen-bond acceptors (Lipinski definition) is 2. The molecule has 0 unspecified atom stereocenters. The quantitative estimate of drug-likeness (QED) is 0.784. The highest BCUT2D eigenvalue weighted by molar-refractivity contribution is 6.34. The normalized spacial score (nSPS) is 9.06. The van der Waals surface area contributed by atoms with E-state index in [2.05, 4.69) is 17.2 Å². The van der Waals surface area contributed by atoms with Gasteiger partial charge in [-0.05, 0) is 12.1 Å². The van der Waals surface area contributed by atoms with Crippen molar-refractivity contribution < 1.29 is 14.7 Å². The number of carbonyl (C=O) groups excluding carboxylic acids is 1. The first-order valence-corrected chi connectivity index (χ1v) is 5.15. The molecular weight excluding hydrogens is 242 g/mol. The van der Waals surface area contributed by atoms with Crippen LogP contribution in [0.2, 0.25) is 5.02 Å². The van der Waals surface area contributed by atoms with Gasteiger partial charge < -0.3 is 10.4 Å². The summed E-state index contributed by atoms with van der Waals surface area (Å²) in [5.74, 6) is 4.11. The Labute approximate surface area is 104 Å². The lowest BCUT2D eigenvalue weighted by atomic mass is 10.1. The number of nitrogens with one attached hydrogen (secondary N) is 1. The van der Waals surface area contributed by atoms with Gasteiger partial charge in [0.2, 0.25) is 5.91 Å². The van der Waals surface area contributed by atoms with Gasteiger partial charge in [-0.3, -0.25) is 4.79 Å². The first-order chi connectivity index (χ1) is 8.02. The third-order valence-corrected chi connectivity index (χ3v) is 2.29. The molecular formula is C12H10ClNO3. The van der Waals surface area contributed by atoms with Crippen molar-refractivity contribution in [3.63, 3.8) is 0 Å². The molecule has 0 aliphatic rings. The summed E-state index contributed by atoms with van der Waals surface area (Å²) in [4.78, 5) is 21.4. The summed E-state index contributed by atoms with van der Waals surface area (Å²) in [6.07, 6.45) is 0. The number of carbonyl (C=O) groups is 2. The number of hydrogen-bond donors (Lipinski definition) is 2. The molecule has 0 saturated carbocycles. The van der Waals surface area contributed by atoms with Crippen molar-refractivity contribution in [1.29, 1.82) is 0 Å². The Bertz CT molecular complexity index is 514. The number of amides is 1. The van der Waals surface area contributed by atoms with E-state index < -0.39 is 5.97 Å². The van der Waals surface area contributed by atoms with Gasteiger partial charge in [-0.15, -0.1) is 0 Å². The van der Waals surface area contributed by atoms with Gasteiger partial charge in [-0.25, -0.2) is 4.79 Å². The lowest BCUT2D eigenvalue weighted by Crippen LogP contribution is -2.19. The molecule has 0 fully saturated rings. The van der Waals surface area contributed by atoms with Gasteiger partial charge in [0.1, 0.15) is 0 Å². The highest BCUT2D eigenvalue weighted by Crippen LogP contribution is 2.20. The standard InChI is InChI=1S/C12H10ClNO3/c1-8(15)14-7-3-5-9-4-2-6-10(11(9)13)12(16)17/h2,4,6H,7H2,1H3,(H,14,15)(H,16,17).